The zero-order valence-electron chi connectivity index (χ0n) is 52.9. The summed E-state index contributed by atoms with van der Waals surface area (Å²) in [6.07, 6.45) is 20.6. The molecule has 0 radical (unpaired) electrons. The van der Waals surface area contributed by atoms with Crippen LogP contribution in [0, 0.1) is 0 Å². The molecule has 23 heteroatoms. The van der Waals surface area contributed by atoms with Gasteiger partial charge in [-0.1, -0.05) is 96.8 Å². The van der Waals surface area contributed by atoms with Crippen molar-refractivity contribution in [2.45, 2.75) is 103 Å². The Morgan fingerprint density at radius 3 is 0.369 bits per heavy atom. The number of hydrogen-bond acceptors (Lipinski definition) is 23. The molecule has 1 N–H and O–H groups in total. The van der Waals surface area contributed by atoms with Gasteiger partial charge in [0.1, 0.15) is 0 Å². The highest BCUT2D eigenvalue weighted by atomic mass is 16.6. The zero-order chi connectivity index (χ0) is 60.0. The molecule has 0 saturated carbocycles. The van der Waals surface area contributed by atoms with Gasteiger partial charge in [-0.25, -0.2) is 0 Å². The lowest BCUT2D eigenvalue weighted by Gasteiger charge is -2.09. The highest BCUT2D eigenvalue weighted by Gasteiger charge is 2.01. The molecule has 0 atom stereocenters. The van der Waals surface area contributed by atoms with E-state index in [-0.39, 0.29) is 6.61 Å². The molecule has 0 bridgehead atoms. The van der Waals surface area contributed by atoms with E-state index in [0.717, 1.165) is 13.0 Å². The SMILES string of the molecule is CCCCCCCCCCCCCCCCCOCCOCCOCCOCCOCCOCCOCCOCCOCCOCCOCCOCCOCCOCCOCCOCCOCCOCCOCCOCCOCCOCCO. The van der Waals surface area contributed by atoms with Crippen molar-refractivity contribution < 1.29 is 109 Å². The molecular weight excluding hydrogens is 1100 g/mol. The summed E-state index contributed by atoms with van der Waals surface area (Å²) in [5.74, 6) is 0. The zero-order valence-corrected chi connectivity index (χ0v) is 52.9. The molecule has 506 valence electrons. The Morgan fingerprint density at radius 1 is 0.131 bits per heavy atom. The van der Waals surface area contributed by atoms with E-state index in [1.165, 1.54) is 89.9 Å². The van der Waals surface area contributed by atoms with Crippen molar-refractivity contribution in [1.29, 1.82) is 0 Å². The average Bonchev–Trinajstić information content (AvgIpc) is 3.50. The summed E-state index contributed by atoms with van der Waals surface area (Å²) < 4.78 is 121. The van der Waals surface area contributed by atoms with E-state index in [0.29, 0.717) is 284 Å². The Balaban J connectivity index is 3.08. The van der Waals surface area contributed by atoms with E-state index in [4.69, 9.17) is 109 Å². The molecule has 0 aromatic heterocycles. The summed E-state index contributed by atoms with van der Waals surface area (Å²) in [5, 5.41) is 8.62. The van der Waals surface area contributed by atoms with Crippen molar-refractivity contribution >= 4 is 0 Å². The maximum absolute atomic E-state index is 8.62. The fourth-order valence-electron chi connectivity index (χ4n) is 7.36. The van der Waals surface area contributed by atoms with E-state index in [1.807, 2.05) is 0 Å². The minimum Gasteiger partial charge on any atom is -0.394 e. The van der Waals surface area contributed by atoms with E-state index in [2.05, 4.69) is 6.92 Å². The molecular formula is C61H124O23. The van der Waals surface area contributed by atoms with E-state index in [1.54, 1.807) is 0 Å². The third-order valence-corrected chi connectivity index (χ3v) is 11.9. The van der Waals surface area contributed by atoms with Crippen LogP contribution in [0.15, 0.2) is 0 Å². The fourth-order valence-corrected chi connectivity index (χ4v) is 7.36. The fraction of sp³-hybridized carbons (Fsp3) is 1.00. The smallest absolute Gasteiger partial charge is 0.0701 e. The molecule has 0 heterocycles. The Labute approximate surface area is 508 Å². The summed E-state index contributed by atoms with van der Waals surface area (Å²) in [6, 6.07) is 0. The van der Waals surface area contributed by atoms with Gasteiger partial charge in [0, 0.05) is 6.61 Å². The lowest BCUT2D eigenvalue weighted by Crippen LogP contribution is -2.16. The van der Waals surface area contributed by atoms with Crippen molar-refractivity contribution in [1.82, 2.24) is 0 Å². The Hall–Kier alpha value is -0.920. The van der Waals surface area contributed by atoms with E-state index < -0.39 is 0 Å². The molecule has 0 aliphatic rings. The first-order valence-corrected chi connectivity index (χ1v) is 32.2. The maximum Gasteiger partial charge on any atom is 0.0701 e. The van der Waals surface area contributed by atoms with Crippen LogP contribution in [0.3, 0.4) is 0 Å². The van der Waals surface area contributed by atoms with Crippen molar-refractivity contribution in [3.63, 3.8) is 0 Å². The second-order valence-electron chi connectivity index (χ2n) is 19.1. The van der Waals surface area contributed by atoms with Crippen LogP contribution in [-0.2, 0) is 104 Å². The maximum atomic E-state index is 8.62. The quantitative estimate of drug-likeness (QED) is 0.0668. The molecule has 84 heavy (non-hydrogen) atoms. The summed E-state index contributed by atoms with van der Waals surface area (Å²) in [4.78, 5) is 0. The highest BCUT2D eigenvalue weighted by molar-refractivity contribution is 4.50. The predicted octanol–water partition coefficient (Wildman–Crippen LogP) is 6.22. The van der Waals surface area contributed by atoms with Crippen LogP contribution in [0.5, 0.6) is 0 Å². The van der Waals surface area contributed by atoms with Crippen LogP contribution < -0.4 is 0 Å². The van der Waals surface area contributed by atoms with Crippen molar-refractivity contribution in [3.8, 4) is 0 Å². The molecule has 0 aromatic rings. The molecule has 0 aliphatic carbocycles. The third kappa shape index (κ3) is 81.1. The van der Waals surface area contributed by atoms with Gasteiger partial charge in [-0.3, -0.25) is 0 Å². The number of rotatable bonds is 81. The second-order valence-corrected chi connectivity index (χ2v) is 19.1. The highest BCUT2D eigenvalue weighted by Crippen LogP contribution is 2.13. The topological polar surface area (TPSA) is 223 Å². The van der Waals surface area contributed by atoms with Crippen molar-refractivity contribution in [2.75, 3.05) is 297 Å². The largest absolute Gasteiger partial charge is 0.394 e. The van der Waals surface area contributed by atoms with Crippen LogP contribution in [0.1, 0.15) is 103 Å². The first kappa shape index (κ1) is 83.1. The number of hydrogen-bond donors (Lipinski definition) is 1. The van der Waals surface area contributed by atoms with Gasteiger partial charge in [-0.15, -0.1) is 0 Å². The summed E-state index contributed by atoms with van der Waals surface area (Å²) in [5.41, 5.74) is 0. The van der Waals surface area contributed by atoms with Gasteiger partial charge in [-0.2, -0.15) is 0 Å². The summed E-state index contributed by atoms with van der Waals surface area (Å²) >= 11 is 0. The van der Waals surface area contributed by atoms with Gasteiger partial charge in [-0.05, 0) is 6.42 Å². The van der Waals surface area contributed by atoms with Gasteiger partial charge in [0.25, 0.3) is 0 Å². The number of aliphatic hydroxyl groups excluding tert-OH is 1. The van der Waals surface area contributed by atoms with Crippen LogP contribution in [0.25, 0.3) is 0 Å². The van der Waals surface area contributed by atoms with Gasteiger partial charge in [0.15, 0.2) is 0 Å². The molecule has 0 amide bonds. The molecule has 0 aliphatic heterocycles. The van der Waals surface area contributed by atoms with Crippen molar-refractivity contribution in [3.05, 3.63) is 0 Å². The standard InChI is InChI=1S/C61H124O23/c1-2-3-4-5-6-7-8-9-10-11-12-13-14-15-16-18-63-20-22-65-24-26-67-28-30-69-32-34-71-36-38-73-40-42-75-44-46-77-48-50-79-52-54-81-56-58-83-60-61-84-59-57-82-55-53-80-51-49-78-47-45-76-43-41-74-39-37-72-35-33-70-31-29-68-27-25-66-23-21-64-19-17-62/h62H,2-61H2,1H3. The lowest BCUT2D eigenvalue weighted by molar-refractivity contribution is -0.0318. The third-order valence-electron chi connectivity index (χ3n) is 11.9. The van der Waals surface area contributed by atoms with Gasteiger partial charge >= 0.3 is 0 Å². The monoisotopic (exact) mass is 1220 g/mol. The van der Waals surface area contributed by atoms with Crippen LogP contribution in [0.2, 0.25) is 0 Å². The molecule has 23 nitrogen and oxygen atoms in total. The molecule has 0 fully saturated rings. The normalized spacial score (nSPS) is 11.8. The number of ether oxygens (including phenoxy) is 22. The lowest BCUT2D eigenvalue weighted by atomic mass is 10.0. The number of unbranched alkanes of at least 4 members (excludes halogenated alkanes) is 14. The Kier molecular flexibility index (Phi) is 81.2. The molecule has 0 saturated heterocycles. The summed E-state index contributed by atoms with van der Waals surface area (Å²) in [7, 11) is 0. The second kappa shape index (κ2) is 82.1. The summed E-state index contributed by atoms with van der Waals surface area (Å²) in [6.45, 7) is 24.6. The van der Waals surface area contributed by atoms with Crippen LogP contribution in [0.4, 0.5) is 0 Å². The van der Waals surface area contributed by atoms with Crippen LogP contribution >= 0.6 is 0 Å². The predicted molar refractivity (Wildman–Crippen MR) is 320 cm³/mol. The average molecular weight is 1230 g/mol. The minimum atomic E-state index is 0.0193. The molecule has 0 spiro atoms. The Bertz CT molecular complexity index is 1030. The van der Waals surface area contributed by atoms with Gasteiger partial charge in [0.05, 0.1) is 291 Å². The van der Waals surface area contributed by atoms with Crippen LogP contribution in [-0.4, -0.2) is 302 Å². The molecule has 0 unspecified atom stereocenters. The first-order chi connectivity index (χ1) is 41.9. The van der Waals surface area contributed by atoms with E-state index in [9.17, 15) is 0 Å². The first-order valence-electron chi connectivity index (χ1n) is 32.2. The van der Waals surface area contributed by atoms with Gasteiger partial charge < -0.3 is 109 Å². The van der Waals surface area contributed by atoms with E-state index >= 15 is 0 Å². The Morgan fingerprint density at radius 2 is 0.238 bits per heavy atom. The van der Waals surface area contributed by atoms with Crippen molar-refractivity contribution in [2.24, 2.45) is 0 Å². The van der Waals surface area contributed by atoms with Gasteiger partial charge in [0.2, 0.25) is 0 Å². The molecule has 0 aromatic carbocycles. The number of aliphatic hydroxyl groups is 1. The molecule has 0 rings (SSSR count). The minimum absolute atomic E-state index is 0.0193.